The lowest BCUT2D eigenvalue weighted by atomic mass is 9.94. The van der Waals surface area contributed by atoms with Crippen molar-refractivity contribution in [3.63, 3.8) is 0 Å². The van der Waals surface area contributed by atoms with Gasteiger partial charge in [0, 0.05) is 11.8 Å². The molecule has 1 heterocycles. The Morgan fingerprint density at radius 1 is 1.61 bits per heavy atom. The summed E-state index contributed by atoms with van der Waals surface area (Å²) in [5, 5.41) is 11.6. The molecule has 1 spiro atoms. The van der Waals surface area contributed by atoms with Gasteiger partial charge >= 0.3 is 5.97 Å². The second-order valence-electron chi connectivity index (χ2n) is 4.55. The van der Waals surface area contributed by atoms with Crippen molar-refractivity contribution in [3.8, 4) is 5.75 Å². The number of fused-ring (bicyclic) bond motifs is 2. The first kappa shape index (κ1) is 11.0. The van der Waals surface area contributed by atoms with Gasteiger partial charge in [0.25, 0.3) is 0 Å². The van der Waals surface area contributed by atoms with Crippen molar-refractivity contribution in [2.45, 2.75) is 11.8 Å². The van der Waals surface area contributed by atoms with E-state index in [1.165, 1.54) is 19.2 Å². The minimum absolute atomic E-state index is 0.0265. The smallest absolute Gasteiger partial charge is 0.307 e. The van der Waals surface area contributed by atoms with E-state index >= 15 is 0 Å². The maximum absolute atomic E-state index is 13.7. The van der Waals surface area contributed by atoms with Crippen LogP contribution in [-0.2, 0) is 15.0 Å². The Morgan fingerprint density at radius 3 is 2.89 bits per heavy atom. The highest BCUT2D eigenvalue weighted by molar-refractivity contribution is 6.12. The Balaban J connectivity index is 2.12. The lowest BCUT2D eigenvalue weighted by Crippen LogP contribution is -2.24. The summed E-state index contributed by atoms with van der Waals surface area (Å²) in [4.78, 5) is 22.9. The molecule has 1 fully saturated rings. The minimum atomic E-state index is -1.09. The number of carboxylic acids is 1. The number of rotatable bonds is 2. The number of carbonyl (C=O) groups is 2. The van der Waals surface area contributed by atoms with E-state index in [0.717, 1.165) is 0 Å². The van der Waals surface area contributed by atoms with E-state index in [4.69, 9.17) is 9.84 Å². The molecule has 1 aliphatic heterocycles. The van der Waals surface area contributed by atoms with Crippen molar-refractivity contribution >= 4 is 17.6 Å². The number of nitrogens with one attached hydrogen (secondary N) is 1. The standard InChI is InChI=1S/C12H10FNO4/c1-18-9-3-8-5(2-7(9)13)12(11(17)14-8)4-6(12)10(15)16/h2-3,6H,4H2,1H3,(H,14,17)(H,15,16). The maximum atomic E-state index is 13.7. The largest absolute Gasteiger partial charge is 0.494 e. The number of anilines is 1. The highest BCUT2D eigenvalue weighted by Gasteiger charge is 2.68. The highest BCUT2D eigenvalue weighted by Crippen LogP contribution is 2.60. The second-order valence-corrected chi connectivity index (χ2v) is 4.55. The topological polar surface area (TPSA) is 75.6 Å². The number of ether oxygens (including phenoxy) is 1. The molecule has 0 aromatic heterocycles. The molecule has 2 atom stereocenters. The molecular weight excluding hydrogens is 241 g/mol. The zero-order valence-electron chi connectivity index (χ0n) is 9.49. The molecule has 2 unspecified atom stereocenters. The van der Waals surface area contributed by atoms with Gasteiger partial charge < -0.3 is 15.2 Å². The molecule has 5 nitrogen and oxygen atoms in total. The van der Waals surface area contributed by atoms with E-state index in [9.17, 15) is 14.0 Å². The summed E-state index contributed by atoms with van der Waals surface area (Å²) >= 11 is 0. The number of hydrogen-bond acceptors (Lipinski definition) is 3. The monoisotopic (exact) mass is 251 g/mol. The van der Waals surface area contributed by atoms with Crippen molar-refractivity contribution < 1.29 is 23.8 Å². The first-order valence-electron chi connectivity index (χ1n) is 5.43. The maximum Gasteiger partial charge on any atom is 0.307 e. The summed E-state index contributed by atoms with van der Waals surface area (Å²) in [5.41, 5.74) is -0.242. The van der Waals surface area contributed by atoms with Crippen LogP contribution in [0.1, 0.15) is 12.0 Å². The number of aliphatic carboxylic acids is 1. The molecule has 3 rings (SSSR count). The number of methoxy groups -OCH3 is 1. The van der Waals surface area contributed by atoms with Crippen LogP contribution in [0.3, 0.4) is 0 Å². The summed E-state index contributed by atoms with van der Waals surface area (Å²) in [6.45, 7) is 0. The summed E-state index contributed by atoms with van der Waals surface area (Å²) in [6.07, 6.45) is 0.215. The Labute approximate surface area is 102 Å². The van der Waals surface area contributed by atoms with Crippen LogP contribution >= 0.6 is 0 Å². The van der Waals surface area contributed by atoms with Gasteiger partial charge in [0.2, 0.25) is 5.91 Å². The third-order valence-electron chi connectivity index (χ3n) is 3.68. The molecule has 1 saturated carbocycles. The Bertz CT molecular complexity index is 586. The second kappa shape index (κ2) is 3.22. The molecule has 0 saturated heterocycles. The number of carbonyl (C=O) groups excluding carboxylic acids is 1. The summed E-state index contributed by atoms with van der Waals surface area (Å²) in [6, 6.07) is 2.57. The van der Waals surface area contributed by atoms with E-state index in [1.54, 1.807) is 0 Å². The van der Waals surface area contributed by atoms with Crippen LogP contribution in [0.25, 0.3) is 0 Å². The molecule has 6 heteroatoms. The van der Waals surface area contributed by atoms with Gasteiger partial charge in [-0.25, -0.2) is 4.39 Å². The van der Waals surface area contributed by atoms with E-state index < -0.39 is 23.1 Å². The average Bonchev–Trinajstić information content (AvgIpc) is 3.01. The van der Waals surface area contributed by atoms with E-state index in [2.05, 4.69) is 5.32 Å². The first-order valence-corrected chi connectivity index (χ1v) is 5.43. The van der Waals surface area contributed by atoms with Gasteiger partial charge in [-0.3, -0.25) is 9.59 Å². The predicted octanol–water partition coefficient (Wildman–Crippen LogP) is 1.13. The zero-order chi connectivity index (χ0) is 13.1. The van der Waals surface area contributed by atoms with Crippen molar-refractivity contribution in [1.82, 2.24) is 0 Å². The van der Waals surface area contributed by atoms with Gasteiger partial charge in [0.05, 0.1) is 18.4 Å². The molecule has 18 heavy (non-hydrogen) atoms. The van der Waals surface area contributed by atoms with Crippen LogP contribution in [0.5, 0.6) is 5.75 Å². The first-order chi connectivity index (χ1) is 8.50. The van der Waals surface area contributed by atoms with Gasteiger partial charge in [-0.1, -0.05) is 0 Å². The summed E-state index contributed by atoms with van der Waals surface area (Å²) in [5.74, 6) is -2.75. The Hall–Kier alpha value is -2.11. The van der Waals surface area contributed by atoms with E-state index in [0.29, 0.717) is 11.3 Å². The van der Waals surface area contributed by atoms with Gasteiger partial charge in [-0.2, -0.15) is 0 Å². The zero-order valence-corrected chi connectivity index (χ0v) is 9.49. The average molecular weight is 251 g/mol. The third kappa shape index (κ3) is 1.15. The summed E-state index contributed by atoms with van der Waals surface area (Å²) < 4.78 is 18.5. The molecule has 1 amide bonds. The molecule has 1 aromatic rings. The van der Waals surface area contributed by atoms with Crippen LogP contribution in [-0.4, -0.2) is 24.1 Å². The SMILES string of the molecule is COc1cc2c(cc1F)C1(CC1C(=O)O)C(=O)N2. The number of benzene rings is 1. The Morgan fingerprint density at radius 2 is 2.33 bits per heavy atom. The highest BCUT2D eigenvalue weighted by atomic mass is 19.1. The van der Waals surface area contributed by atoms with E-state index in [-0.39, 0.29) is 18.1 Å². The van der Waals surface area contributed by atoms with Crippen LogP contribution in [0.15, 0.2) is 12.1 Å². The molecule has 2 aliphatic rings. The third-order valence-corrected chi connectivity index (χ3v) is 3.68. The molecule has 0 bridgehead atoms. The van der Waals surface area contributed by atoms with Crippen LogP contribution in [0, 0.1) is 11.7 Å². The number of halogens is 1. The van der Waals surface area contributed by atoms with Crippen molar-refractivity contribution in [2.75, 3.05) is 12.4 Å². The number of carboxylic acid groups (broad SMARTS) is 1. The molecule has 2 N–H and O–H groups in total. The predicted molar refractivity (Wildman–Crippen MR) is 59.0 cm³/mol. The van der Waals surface area contributed by atoms with Gasteiger partial charge in [0.1, 0.15) is 0 Å². The molecular formula is C12H10FNO4. The lowest BCUT2D eigenvalue weighted by molar-refractivity contribution is -0.140. The van der Waals surface area contributed by atoms with Crippen LogP contribution < -0.4 is 10.1 Å². The lowest BCUT2D eigenvalue weighted by Gasteiger charge is -2.08. The fraction of sp³-hybridized carbons (Fsp3) is 0.333. The van der Waals surface area contributed by atoms with Crippen molar-refractivity contribution in [2.24, 2.45) is 5.92 Å². The van der Waals surface area contributed by atoms with Crippen molar-refractivity contribution in [1.29, 1.82) is 0 Å². The molecule has 94 valence electrons. The molecule has 0 radical (unpaired) electrons. The van der Waals surface area contributed by atoms with Crippen LogP contribution in [0.2, 0.25) is 0 Å². The van der Waals surface area contributed by atoms with Crippen molar-refractivity contribution in [3.05, 3.63) is 23.5 Å². The quantitative estimate of drug-likeness (QED) is 0.826. The van der Waals surface area contributed by atoms with Gasteiger partial charge in [-0.15, -0.1) is 0 Å². The van der Waals surface area contributed by atoms with Crippen LogP contribution in [0.4, 0.5) is 10.1 Å². The minimum Gasteiger partial charge on any atom is -0.494 e. The normalized spacial score (nSPS) is 27.9. The van der Waals surface area contributed by atoms with Gasteiger partial charge in [0.15, 0.2) is 11.6 Å². The molecule has 1 aromatic carbocycles. The fourth-order valence-electron chi connectivity index (χ4n) is 2.65. The van der Waals surface area contributed by atoms with E-state index in [1.807, 2.05) is 0 Å². The fourth-order valence-corrected chi connectivity index (χ4v) is 2.65. The summed E-state index contributed by atoms with van der Waals surface area (Å²) in [7, 11) is 1.33. The van der Waals surface area contributed by atoms with Gasteiger partial charge in [-0.05, 0) is 18.1 Å². The number of hydrogen-bond donors (Lipinski definition) is 2. The number of amides is 1. The Kier molecular flexibility index (Phi) is 1.97. The molecule has 1 aliphatic carbocycles.